The molecule has 1 saturated heterocycles. The van der Waals surface area contributed by atoms with E-state index in [4.69, 9.17) is 8.83 Å². The molecule has 1 fully saturated rings. The van der Waals surface area contributed by atoms with Crippen molar-refractivity contribution in [3.8, 4) is 11.5 Å². The Labute approximate surface area is 108 Å². The van der Waals surface area contributed by atoms with Crippen LogP contribution in [-0.2, 0) is 11.3 Å². The molecule has 2 aromatic rings. The summed E-state index contributed by atoms with van der Waals surface area (Å²) in [6.07, 6.45) is 4.92. The number of furan rings is 1. The first-order valence-corrected chi connectivity index (χ1v) is 6.12. The van der Waals surface area contributed by atoms with E-state index >= 15 is 0 Å². The van der Waals surface area contributed by atoms with Crippen LogP contribution in [0.5, 0.6) is 0 Å². The molecule has 19 heavy (non-hydrogen) atoms. The summed E-state index contributed by atoms with van der Waals surface area (Å²) in [4.78, 5) is 25.3. The van der Waals surface area contributed by atoms with E-state index in [9.17, 15) is 9.59 Å². The number of amides is 1. The summed E-state index contributed by atoms with van der Waals surface area (Å²) in [6.45, 7) is 1.42. The minimum Gasteiger partial charge on any atom is -0.472 e. The monoisotopic (exact) mass is 263 g/mol. The van der Waals surface area contributed by atoms with Crippen molar-refractivity contribution >= 4 is 5.91 Å². The molecule has 1 aliphatic heterocycles. The Balaban J connectivity index is 1.78. The van der Waals surface area contributed by atoms with Crippen LogP contribution in [-0.4, -0.2) is 33.7 Å². The third-order valence-corrected chi connectivity index (χ3v) is 3.12. The second-order valence-electron chi connectivity index (χ2n) is 4.43. The highest BCUT2D eigenvalue weighted by Gasteiger charge is 2.20. The quantitative estimate of drug-likeness (QED) is 0.815. The van der Waals surface area contributed by atoms with Gasteiger partial charge in [-0.1, -0.05) is 0 Å². The molecule has 0 atom stereocenters. The molecule has 7 heteroatoms. The lowest BCUT2D eigenvalue weighted by molar-refractivity contribution is -0.131. The van der Waals surface area contributed by atoms with Gasteiger partial charge >= 0.3 is 5.76 Å². The van der Waals surface area contributed by atoms with Crippen molar-refractivity contribution in [2.45, 2.75) is 19.4 Å². The summed E-state index contributed by atoms with van der Waals surface area (Å²) >= 11 is 0. The molecule has 7 nitrogen and oxygen atoms in total. The third kappa shape index (κ3) is 2.31. The van der Waals surface area contributed by atoms with Gasteiger partial charge in [-0.25, -0.2) is 4.79 Å². The van der Waals surface area contributed by atoms with Crippen molar-refractivity contribution in [1.29, 1.82) is 0 Å². The molecular formula is C12H13N3O4. The summed E-state index contributed by atoms with van der Waals surface area (Å²) in [5.74, 6) is -0.580. The first kappa shape index (κ1) is 11.8. The van der Waals surface area contributed by atoms with E-state index in [-0.39, 0.29) is 18.3 Å². The second kappa shape index (κ2) is 4.75. The summed E-state index contributed by atoms with van der Waals surface area (Å²) < 4.78 is 10.9. The average Bonchev–Trinajstić information content (AvgIpc) is 3.09. The van der Waals surface area contributed by atoms with E-state index < -0.39 is 5.76 Å². The highest BCUT2D eigenvalue weighted by molar-refractivity contribution is 5.76. The van der Waals surface area contributed by atoms with Crippen molar-refractivity contribution in [3.63, 3.8) is 0 Å². The molecule has 0 aliphatic carbocycles. The van der Waals surface area contributed by atoms with Crippen LogP contribution in [0.15, 0.2) is 32.2 Å². The Bertz CT molecular complexity index is 620. The molecule has 0 radical (unpaired) electrons. The Hall–Kier alpha value is -2.31. The van der Waals surface area contributed by atoms with Crippen molar-refractivity contribution in [2.75, 3.05) is 13.1 Å². The lowest BCUT2D eigenvalue weighted by atomic mass is 10.3. The molecule has 0 N–H and O–H groups in total. The van der Waals surface area contributed by atoms with Crippen LogP contribution < -0.4 is 5.76 Å². The van der Waals surface area contributed by atoms with Gasteiger partial charge in [0.1, 0.15) is 12.8 Å². The molecule has 0 spiro atoms. The Morgan fingerprint density at radius 2 is 2.16 bits per heavy atom. The van der Waals surface area contributed by atoms with E-state index in [1.54, 1.807) is 11.0 Å². The number of likely N-dealkylation sites (tertiary alicyclic amines) is 1. The number of carbonyl (C=O) groups excluding carboxylic acids is 1. The normalized spacial score (nSPS) is 15.1. The molecular weight excluding hydrogens is 250 g/mol. The first-order chi connectivity index (χ1) is 9.24. The van der Waals surface area contributed by atoms with Crippen molar-refractivity contribution in [1.82, 2.24) is 14.7 Å². The van der Waals surface area contributed by atoms with Crippen LogP contribution in [0, 0.1) is 0 Å². The SMILES string of the molecule is O=C(Cn1nc(-c2ccoc2)oc1=O)N1CCCC1. The van der Waals surface area contributed by atoms with Crippen molar-refractivity contribution in [3.05, 3.63) is 29.1 Å². The molecule has 0 aromatic carbocycles. The first-order valence-electron chi connectivity index (χ1n) is 6.12. The molecule has 0 unspecified atom stereocenters. The standard InChI is InChI=1S/C12H13N3O4/c16-10(14-4-1-2-5-14)7-15-12(17)19-11(13-15)9-3-6-18-8-9/h3,6,8H,1-2,4-5,7H2. The fourth-order valence-electron chi connectivity index (χ4n) is 2.10. The van der Waals surface area contributed by atoms with Gasteiger partial charge in [-0.2, -0.15) is 4.68 Å². The predicted molar refractivity (Wildman–Crippen MR) is 64.3 cm³/mol. The largest absolute Gasteiger partial charge is 0.472 e. The molecule has 3 rings (SSSR count). The predicted octanol–water partition coefficient (Wildman–Crippen LogP) is 0.719. The van der Waals surface area contributed by atoms with Crippen LogP contribution in [0.25, 0.3) is 11.5 Å². The number of nitrogens with zero attached hydrogens (tertiary/aromatic N) is 3. The minimum atomic E-state index is -0.635. The molecule has 0 saturated carbocycles. The Morgan fingerprint density at radius 3 is 2.84 bits per heavy atom. The number of hydrogen-bond donors (Lipinski definition) is 0. The van der Waals surface area contributed by atoms with E-state index in [2.05, 4.69) is 5.10 Å². The zero-order valence-electron chi connectivity index (χ0n) is 10.2. The molecule has 3 heterocycles. The van der Waals surface area contributed by atoms with Crippen molar-refractivity contribution in [2.24, 2.45) is 0 Å². The van der Waals surface area contributed by atoms with Gasteiger partial charge in [0.25, 0.3) is 5.89 Å². The smallest absolute Gasteiger partial charge is 0.437 e. The average molecular weight is 263 g/mol. The lowest BCUT2D eigenvalue weighted by Gasteiger charge is -2.13. The zero-order valence-corrected chi connectivity index (χ0v) is 10.2. The summed E-state index contributed by atoms with van der Waals surface area (Å²) in [6, 6.07) is 1.64. The molecule has 1 aliphatic rings. The van der Waals surface area contributed by atoms with Gasteiger partial charge in [-0.05, 0) is 18.9 Å². The highest BCUT2D eigenvalue weighted by atomic mass is 16.4. The lowest BCUT2D eigenvalue weighted by Crippen LogP contribution is -2.34. The van der Waals surface area contributed by atoms with Crippen molar-refractivity contribution < 1.29 is 13.6 Å². The van der Waals surface area contributed by atoms with Crippen LogP contribution >= 0.6 is 0 Å². The van der Waals surface area contributed by atoms with Gasteiger partial charge in [-0.3, -0.25) is 4.79 Å². The number of carbonyl (C=O) groups is 1. The van der Waals surface area contributed by atoms with Gasteiger partial charge in [0.15, 0.2) is 0 Å². The van der Waals surface area contributed by atoms with E-state index in [1.165, 1.54) is 12.5 Å². The maximum absolute atomic E-state index is 11.9. The summed E-state index contributed by atoms with van der Waals surface area (Å²) in [5.41, 5.74) is 0.574. The number of hydrogen-bond acceptors (Lipinski definition) is 5. The van der Waals surface area contributed by atoms with E-state index in [0.717, 1.165) is 30.6 Å². The van der Waals surface area contributed by atoms with Gasteiger partial charge in [0, 0.05) is 13.1 Å². The highest BCUT2D eigenvalue weighted by Crippen LogP contribution is 2.15. The van der Waals surface area contributed by atoms with Gasteiger partial charge in [0.05, 0.1) is 11.8 Å². The summed E-state index contributed by atoms with van der Waals surface area (Å²) in [5, 5.41) is 3.99. The fourth-order valence-corrected chi connectivity index (χ4v) is 2.10. The zero-order chi connectivity index (χ0) is 13.2. The number of rotatable bonds is 3. The molecule has 1 amide bonds. The topological polar surface area (TPSA) is 81.5 Å². The second-order valence-corrected chi connectivity index (χ2v) is 4.43. The van der Waals surface area contributed by atoms with Crippen LogP contribution in [0.3, 0.4) is 0 Å². The van der Waals surface area contributed by atoms with Crippen LogP contribution in [0.1, 0.15) is 12.8 Å². The maximum atomic E-state index is 11.9. The molecule has 0 bridgehead atoms. The maximum Gasteiger partial charge on any atom is 0.437 e. The molecule has 100 valence electrons. The minimum absolute atomic E-state index is 0.0832. The fraction of sp³-hybridized carbons (Fsp3) is 0.417. The van der Waals surface area contributed by atoms with Crippen LogP contribution in [0.4, 0.5) is 0 Å². The van der Waals surface area contributed by atoms with E-state index in [0.29, 0.717) is 5.56 Å². The third-order valence-electron chi connectivity index (χ3n) is 3.12. The molecule has 2 aromatic heterocycles. The van der Waals surface area contributed by atoms with Gasteiger partial charge in [-0.15, -0.1) is 5.10 Å². The van der Waals surface area contributed by atoms with Gasteiger partial charge < -0.3 is 13.7 Å². The Morgan fingerprint density at radius 1 is 1.37 bits per heavy atom. The summed E-state index contributed by atoms with van der Waals surface area (Å²) in [7, 11) is 0. The Kier molecular flexibility index (Phi) is 2.94. The number of aromatic nitrogens is 2. The van der Waals surface area contributed by atoms with Gasteiger partial charge in [0.2, 0.25) is 5.91 Å². The van der Waals surface area contributed by atoms with Crippen LogP contribution in [0.2, 0.25) is 0 Å². The van der Waals surface area contributed by atoms with E-state index in [1.807, 2.05) is 0 Å².